The molecule has 0 aliphatic carbocycles. The molecule has 21 heavy (non-hydrogen) atoms. The van der Waals surface area contributed by atoms with Crippen LogP contribution in [-0.2, 0) is 6.42 Å². The monoisotopic (exact) mass is 276 g/mol. The molecule has 3 aromatic rings. The molecule has 3 nitrogen and oxygen atoms in total. The second kappa shape index (κ2) is 5.85. The lowest BCUT2D eigenvalue weighted by molar-refractivity contribution is 0.103. The second-order valence-electron chi connectivity index (χ2n) is 4.90. The summed E-state index contributed by atoms with van der Waals surface area (Å²) in [5.41, 5.74) is 8.87. The Morgan fingerprint density at radius 2 is 1.76 bits per heavy atom. The molecule has 0 aliphatic rings. The van der Waals surface area contributed by atoms with Crippen molar-refractivity contribution in [3.63, 3.8) is 0 Å². The molecule has 3 rings (SSSR count). The molecule has 0 unspecified atom stereocenters. The number of hydrogen-bond acceptors (Lipinski definition) is 3. The number of benzene rings is 2. The summed E-state index contributed by atoms with van der Waals surface area (Å²) in [5, 5.41) is 0.882. The topological polar surface area (TPSA) is 56.0 Å². The lowest BCUT2D eigenvalue weighted by atomic mass is 9.94. The zero-order valence-corrected chi connectivity index (χ0v) is 11.6. The van der Waals surface area contributed by atoms with Crippen LogP contribution in [-0.4, -0.2) is 17.3 Å². The summed E-state index contributed by atoms with van der Waals surface area (Å²) in [6, 6.07) is 17.1. The summed E-state index contributed by atoms with van der Waals surface area (Å²) in [4.78, 5) is 17.2. The summed E-state index contributed by atoms with van der Waals surface area (Å²) in [6.45, 7) is 0.529. The van der Waals surface area contributed by atoms with Gasteiger partial charge in [0.1, 0.15) is 0 Å². The minimum atomic E-state index is 0.0256. The highest BCUT2D eigenvalue weighted by atomic mass is 16.1. The van der Waals surface area contributed by atoms with E-state index in [1.165, 1.54) is 0 Å². The molecule has 104 valence electrons. The minimum absolute atomic E-state index is 0.0256. The van der Waals surface area contributed by atoms with Crippen molar-refractivity contribution in [2.24, 2.45) is 5.73 Å². The van der Waals surface area contributed by atoms with Gasteiger partial charge in [-0.3, -0.25) is 9.78 Å². The van der Waals surface area contributed by atoms with Crippen LogP contribution in [0.4, 0.5) is 0 Å². The number of fused-ring (bicyclic) bond motifs is 1. The van der Waals surface area contributed by atoms with Crippen molar-refractivity contribution in [3.05, 3.63) is 77.5 Å². The first kappa shape index (κ1) is 13.5. The zero-order chi connectivity index (χ0) is 14.7. The van der Waals surface area contributed by atoms with Crippen LogP contribution in [0.5, 0.6) is 0 Å². The van der Waals surface area contributed by atoms with Gasteiger partial charge in [-0.2, -0.15) is 0 Å². The normalized spacial score (nSPS) is 10.7. The van der Waals surface area contributed by atoms with Gasteiger partial charge in [0, 0.05) is 22.7 Å². The van der Waals surface area contributed by atoms with Crippen molar-refractivity contribution in [2.45, 2.75) is 6.42 Å². The number of ketones is 1. The van der Waals surface area contributed by atoms with E-state index in [-0.39, 0.29) is 5.78 Å². The van der Waals surface area contributed by atoms with Gasteiger partial charge in [0.05, 0.1) is 5.52 Å². The molecule has 0 fully saturated rings. The summed E-state index contributed by atoms with van der Waals surface area (Å²) >= 11 is 0. The molecule has 3 heteroatoms. The largest absolute Gasteiger partial charge is 0.330 e. The van der Waals surface area contributed by atoms with Crippen LogP contribution >= 0.6 is 0 Å². The molecule has 0 aliphatic heterocycles. The summed E-state index contributed by atoms with van der Waals surface area (Å²) in [5.74, 6) is 0.0256. The number of nitrogens with two attached hydrogens (primary N) is 1. The molecule has 2 aromatic carbocycles. The summed E-state index contributed by atoms with van der Waals surface area (Å²) in [6.07, 6.45) is 2.43. The number of carbonyl (C=O) groups is 1. The maximum Gasteiger partial charge on any atom is 0.193 e. The Morgan fingerprint density at radius 3 is 2.62 bits per heavy atom. The molecule has 0 atom stereocenters. The quantitative estimate of drug-likeness (QED) is 0.745. The van der Waals surface area contributed by atoms with E-state index in [0.717, 1.165) is 22.0 Å². The van der Waals surface area contributed by atoms with Gasteiger partial charge in [-0.05, 0) is 30.7 Å². The van der Waals surface area contributed by atoms with E-state index in [0.29, 0.717) is 18.5 Å². The third-order valence-corrected chi connectivity index (χ3v) is 3.57. The fourth-order valence-electron chi connectivity index (χ4n) is 2.56. The third kappa shape index (κ3) is 2.56. The van der Waals surface area contributed by atoms with Crippen molar-refractivity contribution in [1.29, 1.82) is 0 Å². The summed E-state index contributed by atoms with van der Waals surface area (Å²) in [7, 11) is 0. The summed E-state index contributed by atoms with van der Waals surface area (Å²) < 4.78 is 0. The van der Waals surface area contributed by atoms with Gasteiger partial charge >= 0.3 is 0 Å². The van der Waals surface area contributed by atoms with E-state index < -0.39 is 0 Å². The number of nitrogens with zero attached hydrogens (tertiary/aromatic N) is 1. The third-order valence-electron chi connectivity index (χ3n) is 3.57. The molecule has 0 saturated carbocycles. The van der Waals surface area contributed by atoms with E-state index in [2.05, 4.69) is 4.98 Å². The van der Waals surface area contributed by atoms with Crippen LogP contribution in [0.15, 0.2) is 60.8 Å². The predicted octanol–water partition coefficient (Wildman–Crippen LogP) is 2.97. The van der Waals surface area contributed by atoms with Gasteiger partial charge in [-0.1, -0.05) is 42.5 Å². The minimum Gasteiger partial charge on any atom is -0.330 e. The highest BCUT2D eigenvalue weighted by Gasteiger charge is 2.15. The van der Waals surface area contributed by atoms with Gasteiger partial charge in [0.25, 0.3) is 0 Å². The molecule has 0 amide bonds. The van der Waals surface area contributed by atoms with Gasteiger partial charge in [-0.25, -0.2) is 0 Å². The maximum absolute atomic E-state index is 12.9. The molecule has 0 spiro atoms. The van der Waals surface area contributed by atoms with Crippen LogP contribution in [0.1, 0.15) is 21.5 Å². The van der Waals surface area contributed by atoms with Crippen molar-refractivity contribution < 1.29 is 4.79 Å². The van der Waals surface area contributed by atoms with Gasteiger partial charge < -0.3 is 5.73 Å². The first-order chi connectivity index (χ1) is 10.3. The van der Waals surface area contributed by atoms with E-state index in [1.807, 2.05) is 54.6 Å². The standard InChI is InChI=1S/C18H16N2O/c19-11-10-13-5-1-2-6-14(13)18(21)16-7-3-9-17-15(16)8-4-12-20-17/h1-9,12H,10-11,19H2. The SMILES string of the molecule is NCCc1ccccc1C(=O)c1cccc2ncccc12. The first-order valence-corrected chi connectivity index (χ1v) is 6.97. The van der Waals surface area contributed by atoms with Gasteiger partial charge in [0.2, 0.25) is 0 Å². The lowest BCUT2D eigenvalue weighted by Crippen LogP contribution is -2.10. The molecule has 0 radical (unpaired) electrons. The molecule has 1 heterocycles. The predicted molar refractivity (Wildman–Crippen MR) is 84.4 cm³/mol. The van der Waals surface area contributed by atoms with Crippen LogP contribution < -0.4 is 5.73 Å². The first-order valence-electron chi connectivity index (χ1n) is 6.97. The van der Waals surface area contributed by atoms with Gasteiger partial charge in [-0.15, -0.1) is 0 Å². The van der Waals surface area contributed by atoms with E-state index in [9.17, 15) is 4.79 Å². The van der Waals surface area contributed by atoms with E-state index in [1.54, 1.807) is 6.20 Å². The zero-order valence-electron chi connectivity index (χ0n) is 11.6. The van der Waals surface area contributed by atoms with Crippen LogP contribution in [0, 0.1) is 0 Å². The molecular formula is C18H16N2O. The molecule has 0 bridgehead atoms. The van der Waals surface area contributed by atoms with E-state index >= 15 is 0 Å². The lowest BCUT2D eigenvalue weighted by Gasteiger charge is -2.09. The fraction of sp³-hybridized carbons (Fsp3) is 0.111. The molecule has 1 aromatic heterocycles. The number of aromatic nitrogens is 1. The molecule has 0 saturated heterocycles. The Bertz CT molecular complexity index is 791. The Kier molecular flexibility index (Phi) is 3.75. The molecule has 2 N–H and O–H groups in total. The number of carbonyl (C=O) groups excluding carboxylic acids is 1. The molecular weight excluding hydrogens is 260 g/mol. The number of pyridine rings is 1. The Labute approximate surface area is 123 Å². The average molecular weight is 276 g/mol. The number of rotatable bonds is 4. The van der Waals surface area contributed by atoms with Crippen molar-refractivity contribution in [2.75, 3.05) is 6.54 Å². The van der Waals surface area contributed by atoms with Crippen molar-refractivity contribution >= 4 is 16.7 Å². The fourth-order valence-corrected chi connectivity index (χ4v) is 2.56. The second-order valence-corrected chi connectivity index (χ2v) is 4.90. The Balaban J connectivity index is 2.13. The maximum atomic E-state index is 12.9. The van der Waals surface area contributed by atoms with Crippen LogP contribution in [0.2, 0.25) is 0 Å². The smallest absolute Gasteiger partial charge is 0.193 e. The van der Waals surface area contributed by atoms with Crippen LogP contribution in [0.25, 0.3) is 10.9 Å². The van der Waals surface area contributed by atoms with Crippen LogP contribution in [0.3, 0.4) is 0 Å². The Hall–Kier alpha value is -2.52. The van der Waals surface area contributed by atoms with E-state index in [4.69, 9.17) is 5.73 Å². The van der Waals surface area contributed by atoms with Crippen molar-refractivity contribution in [1.82, 2.24) is 4.98 Å². The van der Waals surface area contributed by atoms with Crippen molar-refractivity contribution in [3.8, 4) is 0 Å². The highest BCUT2D eigenvalue weighted by Crippen LogP contribution is 2.21. The Morgan fingerprint density at radius 1 is 0.952 bits per heavy atom. The average Bonchev–Trinajstić information content (AvgIpc) is 2.54. The number of hydrogen-bond donors (Lipinski definition) is 1. The van der Waals surface area contributed by atoms with Gasteiger partial charge in [0.15, 0.2) is 5.78 Å². The highest BCUT2D eigenvalue weighted by molar-refractivity contribution is 6.16.